The number of H-pyrrole nitrogens is 1. The first-order valence-corrected chi connectivity index (χ1v) is 10.9. The van der Waals surface area contributed by atoms with E-state index in [1.807, 2.05) is 55.5 Å². The lowest BCUT2D eigenvalue weighted by atomic mass is 9.91. The number of nitrogens with one attached hydrogen (secondary N) is 1. The number of aromatic nitrogens is 6. The van der Waals surface area contributed by atoms with Crippen LogP contribution in [0.25, 0.3) is 22.5 Å². The van der Waals surface area contributed by atoms with E-state index in [9.17, 15) is 9.90 Å². The van der Waals surface area contributed by atoms with E-state index in [0.29, 0.717) is 18.8 Å². The highest BCUT2D eigenvalue weighted by Crippen LogP contribution is 2.34. The fraction of sp³-hybridized carbons (Fsp3) is 0.292. The number of aromatic amines is 1. The van der Waals surface area contributed by atoms with Crippen molar-refractivity contribution in [1.82, 2.24) is 30.4 Å². The van der Waals surface area contributed by atoms with Crippen molar-refractivity contribution < 1.29 is 9.90 Å². The molecule has 8 nitrogen and oxygen atoms in total. The Hall–Kier alpha value is -3.81. The summed E-state index contributed by atoms with van der Waals surface area (Å²) < 4.78 is 1.61. The Morgan fingerprint density at radius 3 is 2.41 bits per heavy atom. The van der Waals surface area contributed by atoms with Crippen LogP contribution in [0.15, 0.2) is 48.5 Å². The van der Waals surface area contributed by atoms with E-state index in [4.69, 9.17) is 0 Å². The molecule has 0 radical (unpaired) electrons. The van der Waals surface area contributed by atoms with Gasteiger partial charge in [0.15, 0.2) is 0 Å². The van der Waals surface area contributed by atoms with Crippen LogP contribution in [0.2, 0.25) is 0 Å². The van der Waals surface area contributed by atoms with Crippen molar-refractivity contribution in [2.75, 3.05) is 0 Å². The Kier molecular flexibility index (Phi) is 6.39. The minimum absolute atomic E-state index is 0.278. The van der Waals surface area contributed by atoms with Gasteiger partial charge in [0.1, 0.15) is 5.69 Å². The fourth-order valence-corrected chi connectivity index (χ4v) is 4.06. The Balaban J connectivity index is 1.83. The van der Waals surface area contributed by atoms with Gasteiger partial charge in [0.05, 0.1) is 5.69 Å². The van der Waals surface area contributed by atoms with Gasteiger partial charge in [0.2, 0.25) is 5.82 Å². The Morgan fingerprint density at radius 1 is 1.03 bits per heavy atom. The van der Waals surface area contributed by atoms with Gasteiger partial charge in [-0.25, -0.2) is 4.79 Å². The molecular formula is C24H26N6O2. The van der Waals surface area contributed by atoms with Gasteiger partial charge in [0.25, 0.3) is 0 Å². The highest BCUT2D eigenvalue weighted by atomic mass is 16.4. The van der Waals surface area contributed by atoms with Crippen LogP contribution in [0, 0.1) is 0 Å². The molecule has 4 aromatic rings. The maximum atomic E-state index is 12.2. The summed E-state index contributed by atoms with van der Waals surface area (Å²) in [6.07, 6.45) is 3.24. The summed E-state index contributed by atoms with van der Waals surface area (Å²) in [5.74, 6) is -0.425. The molecule has 0 saturated carbocycles. The van der Waals surface area contributed by atoms with Crippen LogP contribution >= 0.6 is 0 Å². The molecule has 0 spiro atoms. The quantitative estimate of drug-likeness (QED) is 0.408. The van der Waals surface area contributed by atoms with E-state index in [0.717, 1.165) is 52.8 Å². The molecule has 0 unspecified atom stereocenters. The van der Waals surface area contributed by atoms with Gasteiger partial charge in [0, 0.05) is 24.1 Å². The molecular weight excluding hydrogens is 404 g/mol. The first-order chi connectivity index (χ1) is 15.6. The molecule has 0 aliphatic heterocycles. The highest BCUT2D eigenvalue weighted by Gasteiger charge is 2.24. The van der Waals surface area contributed by atoms with E-state index >= 15 is 0 Å². The second-order valence-electron chi connectivity index (χ2n) is 7.61. The Morgan fingerprint density at radius 2 is 1.75 bits per heavy atom. The molecule has 32 heavy (non-hydrogen) atoms. The van der Waals surface area contributed by atoms with Crippen molar-refractivity contribution in [2.45, 2.75) is 46.1 Å². The van der Waals surface area contributed by atoms with Gasteiger partial charge in [-0.05, 0) is 41.7 Å². The summed E-state index contributed by atoms with van der Waals surface area (Å²) in [5.41, 5.74) is 5.81. The predicted molar refractivity (Wildman–Crippen MR) is 121 cm³/mol. The molecule has 4 rings (SSSR count). The molecule has 0 fully saturated rings. The van der Waals surface area contributed by atoms with E-state index in [2.05, 4.69) is 32.6 Å². The number of aryl methyl sites for hydroxylation is 2. The highest BCUT2D eigenvalue weighted by molar-refractivity contribution is 5.88. The lowest BCUT2D eigenvalue weighted by Crippen LogP contribution is -2.11. The number of tetrazole rings is 1. The van der Waals surface area contributed by atoms with Crippen LogP contribution < -0.4 is 0 Å². The molecule has 2 N–H and O–H groups in total. The normalized spacial score (nSPS) is 11.1. The SMILES string of the molecule is CCCCc1nn(CC)c(C(=O)O)c1Cc1ccccc1-c1ccccc1-c1nn[nH]n1. The second-order valence-corrected chi connectivity index (χ2v) is 7.61. The van der Waals surface area contributed by atoms with Crippen LogP contribution in [0.5, 0.6) is 0 Å². The number of aromatic carboxylic acids is 1. The Bertz CT molecular complexity index is 1210. The third-order valence-corrected chi connectivity index (χ3v) is 5.59. The Labute approximate surface area is 186 Å². The number of benzene rings is 2. The van der Waals surface area contributed by atoms with Crippen LogP contribution in [0.4, 0.5) is 0 Å². The number of carboxylic acid groups (broad SMARTS) is 1. The average molecular weight is 431 g/mol. The number of hydrogen-bond acceptors (Lipinski definition) is 5. The van der Waals surface area contributed by atoms with E-state index in [1.54, 1.807) is 4.68 Å². The largest absolute Gasteiger partial charge is 0.477 e. The molecule has 0 amide bonds. The van der Waals surface area contributed by atoms with Crippen LogP contribution in [0.3, 0.4) is 0 Å². The molecule has 0 aliphatic carbocycles. The second kappa shape index (κ2) is 9.55. The zero-order chi connectivity index (χ0) is 22.5. The topological polar surface area (TPSA) is 110 Å². The molecule has 0 atom stereocenters. The number of hydrogen-bond donors (Lipinski definition) is 2. The molecule has 0 saturated heterocycles. The maximum absolute atomic E-state index is 12.2. The molecule has 0 bridgehead atoms. The maximum Gasteiger partial charge on any atom is 0.354 e. The molecule has 2 aromatic heterocycles. The first-order valence-electron chi connectivity index (χ1n) is 10.9. The number of rotatable bonds is 9. The third-order valence-electron chi connectivity index (χ3n) is 5.59. The van der Waals surface area contributed by atoms with Gasteiger partial charge in [-0.3, -0.25) is 4.68 Å². The van der Waals surface area contributed by atoms with Crippen molar-refractivity contribution in [3.63, 3.8) is 0 Å². The van der Waals surface area contributed by atoms with Crippen molar-refractivity contribution in [2.24, 2.45) is 0 Å². The summed E-state index contributed by atoms with van der Waals surface area (Å²) in [4.78, 5) is 12.2. The standard InChI is InChI=1S/C24H26N6O2/c1-3-5-14-21-20(22(24(31)32)30(4-2)27-21)15-16-10-6-7-11-17(16)18-12-8-9-13-19(18)23-25-28-29-26-23/h6-13H,3-5,14-15H2,1-2H3,(H,31,32)(H,25,26,28,29). The van der Waals surface area contributed by atoms with E-state index < -0.39 is 5.97 Å². The van der Waals surface area contributed by atoms with Crippen molar-refractivity contribution in [3.05, 3.63) is 71.0 Å². The number of nitrogens with zero attached hydrogens (tertiary/aromatic N) is 5. The van der Waals surface area contributed by atoms with Crippen molar-refractivity contribution in [1.29, 1.82) is 0 Å². The summed E-state index contributed by atoms with van der Waals surface area (Å²) in [5, 5.41) is 29.1. The lowest BCUT2D eigenvalue weighted by Gasteiger charge is -2.13. The first kappa shape index (κ1) is 21.4. The van der Waals surface area contributed by atoms with Gasteiger partial charge in [-0.15, -0.1) is 10.2 Å². The third kappa shape index (κ3) is 4.16. The van der Waals surface area contributed by atoms with Gasteiger partial charge < -0.3 is 5.11 Å². The van der Waals surface area contributed by atoms with E-state index in [-0.39, 0.29) is 5.69 Å². The predicted octanol–water partition coefficient (Wildman–Crippen LogP) is 4.38. The summed E-state index contributed by atoms with van der Waals surface area (Å²) in [6, 6.07) is 15.9. The van der Waals surface area contributed by atoms with Gasteiger partial charge in [-0.1, -0.05) is 61.9 Å². The van der Waals surface area contributed by atoms with Gasteiger partial charge >= 0.3 is 5.97 Å². The number of unbranched alkanes of at least 4 members (excludes halogenated alkanes) is 1. The van der Waals surface area contributed by atoms with Crippen LogP contribution in [-0.2, 0) is 19.4 Å². The zero-order valence-electron chi connectivity index (χ0n) is 18.2. The smallest absolute Gasteiger partial charge is 0.354 e. The molecule has 164 valence electrons. The molecule has 8 heteroatoms. The molecule has 2 aromatic carbocycles. The molecule has 0 aliphatic rings. The fourth-order valence-electron chi connectivity index (χ4n) is 4.06. The summed E-state index contributed by atoms with van der Waals surface area (Å²) >= 11 is 0. The zero-order valence-corrected chi connectivity index (χ0v) is 18.2. The molecule has 2 heterocycles. The minimum Gasteiger partial charge on any atom is -0.477 e. The minimum atomic E-state index is -0.943. The summed E-state index contributed by atoms with van der Waals surface area (Å²) in [6.45, 7) is 4.56. The van der Waals surface area contributed by atoms with Crippen molar-refractivity contribution >= 4 is 5.97 Å². The van der Waals surface area contributed by atoms with Crippen molar-refractivity contribution in [3.8, 4) is 22.5 Å². The van der Waals surface area contributed by atoms with Gasteiger partial charge in [-0.2, -0.15) is 10.3 Å². The number of carboxylic acids is 1. The summed E-state index contributed by atoms with van der Waals surface area (Å²) in [7, 11) is 0. The van der Waals surface area contributed by atoms with Crippen LogP contribution in [0.1, 0.15) is 54.0 Å². The monoisotopic (exact) mass is 430 g/mol. The number of carbonyl (C=O) groups is 1. The van der Waals surface area contributed by atoms with E-state index in [1.165, 1.54) is 0 Å². The van der Waals surface area contributed by atoms with Crippen LogP contribution in [-0.4, -0.2) is 41.5 Å². The lowest BCUT2D eigenvalue weighted by molar-refractivity contribution is 0.0682. The average Bonchev–Trinajstić information content (AvgIpc) is 3.46.